The summed E-state index contributed by atoms with van der Waals surface area (Å²) in [4.78, 5) is 24.4. The number of methoxy groups -OCH3 is 2. The number of carbonyl (C=O) groups is 1. The van der Waals surface area contributed by atoms with Crippen LogP contribution >= 0.6 is 11.3 Å². The minimum atomic E-state index is -0.627. The molecule has 0 fully saturated rings. The van der Waals surface area contributed by atoms with Gasteiger partial charge in [0.2, 0.25) is 0 Å². The lowest BCUT2D eigenvalue weighted by molar-refractivity contribution is 0.0577. The summed E-state index contributed by atoms with van der Waals surface area (Å²) in [6.45, 7) is 5.87. The third-order valence-corrected chi connectivity index (χ3v) is 6.14. The molecule has 0 radical (unpaired) electrons. The Labute approximate surface area is 202 Å². The van der Waals surface area contributed by atoms with Gasteiger partial charge in [0.1, 0.15) is 17.1 Å². The highest BCUT2D eigenvalue weighted by atomic mass is 32.1. The lowest BCUT2D eigenvalue weighted by atomic mass is 10.1. The van der Waals surface area contributed by atoms with Crippen LogP contribution in [0.4, 0.5) is 9.93 Å². The van der Waals surface area contributed by atoms with Gasteiger partial charge in [-0.2, -0.15) is 0 Å². The van der Waals surface area contributed by atoms with Crippen molar-refractivity contribution in [1.29, 1.82) is 0 Å². The second-order valence-electron chi connectivity index (χ2n) is 8.70. The summed E-state index contributed by atoms with van der Waals surface area (Å²) in [5.41, 5.74) is 1.29. The molecular formula is C26H27N3O4S. The molecule has 176 valence electrons. The van der Waals surface area contributed by atoms with Gasteiger partial charge in [-0.25, -0.2) is 14.7 Å². The SMILES string of the molecule is COc1ccc(CN(C(=O)OC(C)(C)C)c2ncc(-c3ccc4cncc(OC)c4c3)s2)cc1. The molecule has 0 saturated heterocycles. The molecule has 8 heteroatoms. The maximum Gasteiger partial charge on any atom is 0.416 e. The highest BCUT2D eigenvalue weighted by Crippen LogP contribution is 2.35. The van der Waals surface area contributed by atoms with Crippen molar-refractivity contribution in [2.24, 2.45) is 0 Å². The summed E-state index contributed by atoms with van der Waals surface area (Å²) in [6.07, 6.45) is 4.83. The van der Waals surface area contributed by atoms with Gasteiger partial charge in [0.15, 0.2) is 5.13 Å². The number of hydrogen-bond donors (Lipinski definition) is 0. The van der Waals surface area contributed by atoms with Crippen LogP contribution in [0.5, 0.6) is 11.5 Å². The summed E-state index contributed by atoms with van der Waals surface area (Å²) >= 11 is 1.43. The second kappa shape index (κ2) is 9.69. The van der Waals surface area contributed by atoms with Gasteiger partial charge in [-0.1, -0.05) is 35.6 Å². The zero-order valence-corrected chi connectivity index (χ0v) is 20.7. The number of thiazole rings is 1. The molecule has 0 aliphatic heterocycles. The van der Waals surface area contributed by atoms with Crippen LogP contribution in [-0.2, 0) is 11.3 Å². The van der Waals surface area contributed by atoms with Gasteiger partial charge in [0, 0.05) is 23.2 Å². The van der Waals surface area contributed by atoms with E-state index in [0.29, 0.717) is 17.4 Å². The van der Waals surface area contributed by atoms with Crippen molar-refractivity contribution in [1.82, 2.24) is 9.97 Å². The van der Waals surface area contributed by atoms with Crippen LogP contribution in [0.2, 0.25) is 0 Å². The zero-order chi connectivity index (χ0) is 24.3. The largest absolute Gasteiger partial charge is 0.497 e. The molecule has 4 aromatic rings. The maximum atomic E-state index is 13.1. The van der Waals surface area contributed by atoms with E-state index < -0.39 is 11.7 Å². The summed E-state index contributed by atoms with van der Waals surface area (Å²) in [5.74, 6) is 1.46. The molecular weight excluding hydrogens is 450 g/mol. The molecule has 2 aromatic heterocycles. The number of hydrogen-bond acceptors (Lipinski definition) is 7. The fraction of sp³-hybridized carbons (Fsp3) is 0.269. The zero-order valence-electron chi connectivity index (χ0n) is 19.9. The highest BCUT2D eigenvalue weighted by molar-refractivity contribution is 7.19. The van der Waals surface area contributed by atoms with Gasteiger partial charge in [0.05, 0.1) is 31.8 Å². The first-order chi connectivity index (χ1) is 16.3. The topological polar surface area (TPSA) is 73.8 Å². The van der Waals surface area contributed by atoms with Crippen LogP contribution < -0.4 is 14.4 Å². The quantitative estimate of drug-likeness (QED) is 0.324. The molecule has 0 unspecified atom stereocenters. The number of aromatic nitrogens is 2. The van der Waals surface area contributed by atoms with E-state index >= 15 is 0 Å². The molecule has 0 N–H and O–H groups in total. The molecule has 0 saturated carbocycles. The van der Waals surface area contributed by atoms with Crippen molar-refractivity contribution in [3.63, 3.8) is 0 Å². The molecule has 1 amide bonds. The monoisotopic (exact) mass is 477 g/mol. The Balaban J connectivity index is 1.68. The second-order valence-corrected chi connectivity index (χ2v) is 9.71. The summed E-state index contributed by atoms with van der Waals surface area (Å²) in [7, 11) is 3.25. The number of amides is 1. The first kappa shape index (κ1) is 23.5. The van der Waals surface area contributed by atoms with E-state index in [1.54, 1.807) is 37.7 Å². The van der Waals surface area contributed by atoms with Crippen LogP contribution in [0.25, 0.3) is 21.2 Å². The van der Waals surface area contributed by atoms with Gasteiger partial charge < -0.3 is 14.2 Å². The molecule has 7 nitrogen and oxygen atoms in total. The Kier molecular flexibility index (Phi) is 6.70. The predicted molar refractivity (Wildman–Crippen MR) is 135 cm³/mol. The van der Waals surface area contributed by atoms with Crippen molar-refractivity contribution >= 4 is 33.3 Å². The van der Waals surface area contributed by atoms with Gasteiger partial charge >= 0.3 is 6.09 Å². The van der Waals surface area contributed by atoms with E-state index in [-0.39, 0.29) is 0 Å². The van der Waals surface area contributed by atoms with Crippen LogP contribution in [-0.4, -0.2) is 35.9 Å². The van der Waals surface area contributed by atoms with E-state index in [4.69, 9.17) is 14.2 Å². The smallest absolute Gasteiger partial charge is 0.416 e. The van der Waals surface area contributed by atoms with E-state index in [0.717, 1.165) is 32.5 Å². The highest BCUT2D eigenvalue weighted by Gasteiger charge is 2.26. The minimum Gasteiger partial charge on any atom is -0.497 e. The maximum absolute atomic E-state index is 13.1. The Morgan fingerprint density at radius 3 is 2.44 bits per heavy atom. The van der Waals surface area contributed by atoms with Crippen LogP contribution in [0, 0.1) is 0 Å². The van der Waals surface area contributed by atoms with E-state index in [1.807, 2.05) is 57.2 Å². The van der Waals surface area contributed by atoms with Crippen LogP contribution in [0.15, 0.2) is 61.1 Å². The number of ether oxygens (including phenoxy) is 3. The van der Waals surface area contributed by atoms with Crippen molar-refractivity contribution in [2.75, 3.05) is 19.1 Å². The van der Waals surface area contributed by atoms with Gasteiger partial charge in [0.25, 0.3) is 0 Å². The number of fused-ring (bicyclic) bond motifs is 1. The Morgan fingerprint density at radius 1 is 1.00 bits per heavy atom. The molecule has 0 spiro atoms. The molecule has 34 heavy (non-hydrogen) atoms. The Bertz CT molecular complexity index is 1300. The lowest BCUT2D eigenvalue weighted by Gasteiger charge is -2.26. The van der Waals surface area contributed by atoms with Gasteiger partial charge in [-0.3, -0.25) is 4.98 Å². The van der Waals surface area contributed by atoms with E-state index in [9.17, 15) is 4.79 Å². The predicted octanol–water partition coefficient (Wildman–Crippen LogP) is 6.32. The number of pyridine rings is 1. The van der Waals surface area contributed by atoms with Gasteiger partial charge in [-0.05, 0) is 50.1 Å². The van der Waals surface area contributed by atoms with Crippen molar-refractivity contribution < 1.29 is 19.0 Å². The number of nitrogens with zero attached hydrogens (tertiary/aromatic N) is 3. The number of anilines is 1. The number of rotatable bonds is 6. The van der Waals surface area contributed by atoms with Crippen LogP contribution in [0.3, 0.4) is 0 Å². The van der Waals surface area contributed by atoms with Crippen molar-refractivity contribution in [3.8, 4) is 21.9 Å². The van der Waals surface area contributed by atoms with E-state index in [2.05, 4.69) is 16.0 Å². The molecule has 2 heterocycles. The standard InChI is InChI=1S/C26H27N3O4S/c1-26(2,3)33-25(30)29(16-17-6-10-20(31-4)11-7-17)24-28-15-23(34-24)18-8-9-19-13-27-14-22(32-5)21(19)12-18/h6-15H,16H2,1-5H3. The van der Waals surface area contributed by atoms with Crippen molar-refractivity contribution in [2.45, 2.75) is 32.9 Å². The summed E-state index contributed by atoms with van der Waals surface area (Å²) in [6, 6.07) is 13.7. The first-order valence-corrected chi connectivity index (χ1v) is 11.6. The summed E-state index contributed by atoms with van der Waals surface area (Å²) < 4.78 is 16.4. The normalized spacial score (nSPS) is 11.3. The molecule has 0 aliphatic carbocycles. The molecule has 0 bridgehead atoms. The fourth-order valence-electron chi connectivity index (χ4n) is 3.42. The van der Waals surface area contributed by atoms with Gasteiger partial charge in [-0.15, -0.1) is 0 Å². The van der Waals surface area contributed by atoms with Crippen molar-refractivity contribution in [3.05, 3.63) is 66.6 Å². The molecule has 0 atom stereocenters. The third-order valence-electron chi connectivity index (χ3n) is 5.07. The van der Waals surface area contributed by atoms with Crippen LogP contribution in [0.1, 0.15) is 26.3 Å². The molecule has 0 aliphatic rings. The van der Waals surface area contributed by atoms with E-state index in [1.165, 1.54) is 11.3 Å². The summed E-state index contributed by atoms with van der Waals surface area (Å²) in [5, 5.41) is 2.51. The minimum absolute atomic E-state index is 0.322. The fourth-order valence-corrected chi connectivity index (χ4v) is 4.32. The average molecular weight is 478 g/mol. The third kappa shape index (κ3) is 5.28. The lowest BCUT2D eigenvalue weighted by Crippen LogP contribution is -2.36. The number of carbonyl (C=O) groups excluding carboxylic acids is 1. The Hall–Kier alpha value is -3.65. The molecule has 4 rings (SSSR count). The number of benzene rings is 2. The average Bonchev–Trinajstić information content (AvgIpc) is 3.31. The first-order valence-electron chi connectivity index (χ1n) is 10.8. The Morgan fingerprint density at radius 2 is 1.76 bits per heavy atom. The molecule has 2 aromatic carbocycles.